The van der Waals surface area contributed by atoms with Gasteiger partial charge in [-0.2, -0.15) is 4.98 Å². The highest BCUT2D eigenvalue weighted by Crippen LogP contribution is 2.16. The van der Waals surface area contributed by atoms with Crippen LogP contribution in [0.1, 0.15) is 20.3 Å². The van der Waals surface area contributed by atoms with E-state index in [2.05, 4.69) is 15.3 Å². The summed E-state index contributed by atoms with van der Waals surface area (Å²) in [5, 5.41) is 12.7. The molecule has 1 unspecified atom stereocenters. The van der Waals surface area contributed by atoms with Crippen LogP contribution in [0.4, 0.5) is 17.5 Å². The first-order valence-electron chi connectivity index (χ1n) is 7.16. The molecular formula is C13H24N6O4. The quantitative estimate of drug-likeness (QED) is 0.301. The summed E-state index contributed by atoms with van der Waals surface area (Å²) >= 11 is 0. The average Bonchev–Trinajstić information content (AvgIpc) is 2.51. The van der Waals surface area contributed by atoms with Crippen LogP contribution in [0, 0.1) is 5.92 Å². The molecule has 0 saturated carbocycles. The van der Waals surface area contributed by atoms with Crippen LogP contribution >= 0.6 is 0 Å². The molecule has 10 heteroatoms. The molecule has 0 aromatic carbocycles. The fraction of sp³-hybridized carbons (Fsp3) is 0.615. The van der Waals surface area contributed by atoms with E-state index in [0.717, 1.165) is 0 Å². The number of aromatic amines is 1. The van der Waals surface area contributed by atoms with Crippen molar-refractivity contribution < 1.29 is 14.6 Å². The molecule has 0 bridgehead atoms. The number of carbonyl (C=O) groups excluding carboxylic acids is 1. The number of rotatable bonds is 8. The Hall–Kier alpha value is -2.17. The molecule has 1 rings (SSSR count). The number of hydrogen-bond donors (Lipinski definition) is 5. The number of aromatic nitrogens is 2. The molecule has 1 aromatic rings. The maximum Gasteiger partial charge on any atom is 0.277 e. The Morgan fingerprint density at radius 2 is 2.17 bits per heavy atom. The molecule has 1 amide bonds. The van der Waals surface area contributed by atoms with Gasteiger partial charge in [0.15, 0.2) is 5.82 Å². The van der Waals surface area contributed by atoms with Crippen LogP contribution in [0.25, 0.3) is 0 Å². The SMILES string of the molecule is COC(CO)CCN(N)c1nc(NC(=O)C(C)C)[nH]c(=O)c1N. The Labute approximate surface area is 133 Å². The van der Waals surface area contributed by atoms with Crippen molar-refractivity contribution >= 4 is 23.4 Å². The Balaban J connectivity index is 2.94. The van der Waals surface area contributed by atoms with Gasteiger partial charge in [-0.1, -0.05) is 13.8 Å². The maximum absolute atomic E-state index is 11.8. The second kappa shape index (κ2) is 8.46. The zero-order valence-electron chi connectivity index (χ0n) is 13.5. The monoisotopic (exact) mass is 328 g/mol. The van der Waals surface area contributed by atoms with Crippen LogP contribution in [0.5, 0.6) is 0 Å². The molecule has 1 heterocycles. The number of aliphatic hydroxyl groups excluding tert-OH is 1. The zero-order chi connectivity index (χ0) is 17.6. The minimum Gasteiger partial charge on any atom is -0.394 e. The van der Waals surface area contributed by atoms with Crippen LogP contribution in [-0.4, -0.2) is 47.3 Å². The van der Waals surface area contributed by atoms with E-state index >= 15 is 0 Å². The van der Waals surface area contributed by atoms with Gasteiger partial charge in [0, 0.05) is 19.6 Å². The third-order valence-electron chi connectivity index (χ3n) is 3.20. The summed E-state index contributed by atoms with van der Waals surface area (Å²) in [7, 11) is 1.47. The van der Waals surface area contributed by atoms with Crippen LogP contribution in [-0.2, 0) is 9.53 Å². The number of nitrogens with one attached hydrogen (secondary N) is 2. The molecule has 0 aliphatic heterocycles. The van der Waals surface area contributed by atoms with Crippen LogP contribution < -0.4 is 27.5 Å². The van der Waals surface area contributed by atoms with Crippen LogP contribution in [0.3, 0.4) is 0 Å². The van der Waals surface area contributed by atoms with Crippen molar-refractivity contribution in [2.45, 2.75) is 26.4 Å². The van der Waals surface area contributed by atoms with E-state index in [-0.39, 0.29) is 48.5 Å². The minimum absolute atomic E-state index is 0.0289. The van der Waals surface area contributed by atoms with E-state index in [0.29, 0.717) is 6.42 Å². The lowest BCUT2D eigenvalue weighted by atomic mass is 10.2. The highest BCUT2D eigenvalue weighted by molar-refractivity contribution is 5.90. The van der Waals surface area contributed by atoms with Crippen molar-refractivity contribution in [1.82, 2.24) is 9.97 Å². The molecule has 0 aliphatic carbocycles. The van der Waals surface area contributed by atoms with E-state index in [9.17, 15) is 9.59 Å². The highest BCUT2D eigenvalue weighted by atomic mass is 16.5. The number of nitrogen functional groups attached to an aromatic ring is 1. The van der Waals surface area contributed by atoms with E-state index in [1.807, 2.05) is 0 Å². The second-order valence-corrected chi connectivity index (χ2v) is 5.32. The van der Waals surface area contributed by atoms with Crippen LogP contribution in [0.15, 0.2) is 4.79 Å². The van der Waals surface area contributed by atoms with Crippen molar-refractivity contribution in [3.8, 4) is 0 Å². The molecule has 10 nitrogen and oxygen atoms in total. The maximum atomic E-state index is 11.8. The van der Waals surface area contributed by atoms with Gasteiger partial charge in [0.2, 0.25) is 11.9 Å². The normalized spacial score (nSPS) is 12.3. The fourth-order valence-corrected chi connectivity index (χ4v) is 1.68. The molecule has 0 aliphatic rings. The number of anilines is 3. The standard InChI is InChI=1S/C13H24N6O4/c1-7(2)11(21)17-13-16-10(9(14)12(22)18-13)19(15)5-4-8(6-20)23-3/h7-8,20H,4-6,14-15H2,1-3H3,(H2,16,17,18,21,22). The van der Waals surface area contributed by atoms with Gasteiger partial charge in [-0.3, -0.25) is 24.9 Å². The number of nitrogens with zero attached hydrogens (tertiary/aromatic N) is 2. The van der Waals surface area contributed by atoms with Gasteiger partial charge < -0.3 is 15.6 Å². The molecule has 0 radical (unpaired) electrons. The van der Waals surface area contributed by atoms with Gasteiger partial charge in [0.25, 0.3) is 5.56 Å². The van der Waals surface area contributed by atoms with E-state index < -0.39 is 5.56 Å². The number of hydrazine groups is 1. The Kier molecular flexibility index (Phi) is 6.94. The molecular weight excluding hydrogens is 304 g/mol. The third-order valence-corrected chi connectivity index (χ3v) is 3.20. The first-order valence-corrected chi connectivity index (χ1v) is 7.16. The molecule has 0 fully saturated rings. The Morgan fingerprint density at radius 1 is 1.52 bits per heavy atom. The number of amides is 1. The summed E-state index contributed by atoms with van der Waals surface area (Å²) in [6.45, 7) is 3.51. The fourth-order valence-electron chi connectivity index (χ4n) is 1.68. The van der Waals surface area contributed by atoms with Crippen molar-refractivity contribution in [3.05, 3.63) is 10.4 Å². The van der Waals surface area contributed by atoms with Gasteiger partial charge in [0.1, 0.15) is 5.69 Å². The highest BCUT2D eigenvalue weighted by Gasteiger charge is 2.17. The van der Waals surface area contributed by atoms with Crippen molar-refractivity contribution in [2.75, 3.05) is 36.3 Å². The van der Waals surface area contributed by atoms with Crippen molar-refractivity contribution in [3.63, 3.8) is 0 Å². The molecule has 0 saturated heterocycles. The summed E-state index contributed by atoms with van der Waals surface area (Å²) < 4.78 is 5.03. The van der Waals surface area contributed by atoms with Gasteiger partial charge in [0.05, 0.1) is 12.7 Å². The summed E-state index contributed by atoms with van der Waals surface area (Å²) in [6.07, 6.45) is 0.0230. The number of methoxy groups -OCH3 is 1. The summed E-state index contributed by atoms with van der Waals surface area (Å²) in [5.41, 5.74) is 4.93. The Bertz CT molecular complexity index is 584. The molecule has 1 atom stereocenters. The lowest BCUT2D eigenvalue weighted by Crippen LogP contribution is -2.37. The van der Waals surface area contributed by atoms with Gasteiger partial charge >= 0.3 is 0 Å². The average molecular weight is 328 g/mol. The van der Waals surface area contributed by atoms with Crippen molar-refractivity contribution in [2.24, 2.45) is 11.8 Å². The van der Waals surface area contributed by atoms with E-state index in [1.165, 1.54) is 12.1 Å². The molecule has 7 N–H and O–H groups in total. The lowest BCUT2D eigenvalue weighted by Gasteiger charge is -2.21. The third kappa shape index (κ3) is 5.20. The number of H-pyrrole nitrogens is 1. The topological polar surface area (TPSA) is 160 Å². The molecule has 1 aromatic heterocycles. The zero-order valence-corrected chi connectivity index (χ0v) is 13.5. The van der Waals surface area contributed by atoms with Gasteiger partial charge in [-0.25, -0.2) is 5.84 Å². The molecule has 130 valence electrons. The lowest BCUT2D eigenvalue weighted by molar-refractivity contribution is -0.118. The second-order valence-electron chi connectivity index (χ2n) is 5.32. The predicted octanol–water partition coefficient (Wildman–Crippen LogP) is -0.976. The summed E-state index contributed by atoms with van der Waals surface area (Å²) in [4.78, 5) is 30.0. The molecule has 23 heavy (non-hydrogen) atoms. The van der Waals surface area contributed by atoms with E-state index in [4.69, 9.17) is 21.4 Å². The number of carbonyl (C=O) groups is 1. The summed E-state index contributed by atoms with van der Waals surface area (Å²) in [5.74, 6) is 5.31. The first kappa shape index (κ1) is 18.9. The minimum atomic E-state index is -0.602. The van der Waals surface area contributed by atoms with Crippen molar-refractivity contribution in [1.29, 1.82) is 0 Å². The smallest absolute Gasteiger partial charge is 0.277 e. The largest absolute Gasteiger partial charge is 0.394 e. The molecule has 0 spiro atoms. The number of hydrogen-bond acceptors (Lipinski definition) is 8. The van der Waals surface area contributed by atoms with Gasteiger partial charge in [-0.05, 0) is 6.42 Å². The first-order chi connectivity index (χ1) is 10.8. The van der Waals surface area contributed by atoms with E-state index in [1.54, 1.807) is 13.8 Å². The van der Waals surface area contributed by atoms with Gasteiger partial charge in [-0.15, -0.1) is 0 Å². The predicted molar refractivity (Wildman–Crippen MR) is 86.8 cm³/mol. The summed E-state index contributed by atoms with van der Waals surface area (Å²) in [6, 6.07) is 0. The van der Waals surface area contributed by atoms with Crippen LogP contribution in [0.2, 0.25) is 0 Å². The number of nitrogens with two attached hydrogens (primary N) is 2. The number of ether oxygens (including phenoxy) is 1. The Morgan fingerprint density at radius 3 is 2.70 bits per heavy atom. The number of aliphatic hydroxyl groups is 1.